The van der Waals surface area contributed by atoms with E-state index in [2.05, 4.69) is 21.3 Å². The summed E-state index contributed by atoms with van der Waals surface area (Å²) in [5.41, 5.74) is -0.902. The summed E-state index contributed by atoms with van der Waals surface area (Å²) in [5, 5.41) is 11.7. The molecule has 0 bridgehead atoms. The van der Waals surface area contributed by atoms with E-state index in [9.17, 15) is 24.0 Å². The number of amides is 4. The summed E-state index contributed by atoms with van der Waals surface area (Å²) in [6.45, 7) is 20.3. The van der Waals surface area contributed by atoms with Gasteiger partial charge in [0.2, 0.25) is 17.7 Å². The molecule has 76 heavy (non-hydrogen) atoms. The van der Waals surface area contributed by atoms with Gasteiger partial charge in [-0.2, -0.15) is 0 Å². The molecule has 0 aromatic carbocycles. The molecule has 20 atom stereocenters. The number of Topliss-reactive ketones (excluding diaryl/α,β-unsaturated/α-hetero) is 1. The number of carbonyl (C=O) groups is 5. The molecule has 8 rings (SSSR count). The molecule has 0 aromatic rings. The number of methoxy groups -OCH3 is 4. The molecule has 4 N–H and O–H groups in total. The lowest BCUT2D eigenvalue weighted by molar-refractivity contribution is -0.220. The predicted molar refractivity (Wildman–Crippen MR) is 256 cm³/mol. The van der Waals surface area contributed by atoms with Crippen LogP contribution in [0.15, 0.2) is 0 Å². The van der Waals surface area contributed by atoms with Gasteiger partial charge in [-0.1, -0.05) is 0 Å². The van der Waals surface area contributed by atoms with Gasteiger partial charge in [-0.25, -0.2) is 4.79 Å². The fourth-order valence-corrected chi connectivity index (χ4v) is 11.5. The SMILES string of the molecule is CO[C@@H]1[C@H]2OC(C)(C)O[C@H]2O[C@@H]1C(CC(C)=O)NC(=O)CC(NC(=O)CC(NC(=O)CC(NC(=O)OC(C)(C)C)[C@H]1O[C@@H]2OC(C)(C)O[C@@H]2[C@H]1OC)[C@H]1O[C@@H]2OC(C)(C)O[C@@H]2[C@H]1OC)[C@H]1O[C@@H]2OC(C)(C)O[C@@H]2[C@H]1OC. The van der Waals surface area contributed by atoms with E-state index in [1.165, 1.54) is 35.4 Å². The van der Waals surface area contributed by atoms with Crippen LogP contribution in [0.5, 0.6) is 0 Å². The average Bonchev–Trinajstić information content (AvgIpc) is 4.15. The molecule has 8 heterocycles. The van der Waals surface area contributed by atoms with Gasteiger partial charge in [-0.05, 0) is 83.1 Å². The third-order valence-electron chi connectivity index (χ3n) is 14.2. The van der Waals surface area contributed by atoms with Gasteiger partial charge in [-0.3, -0.25) is 19.2 Å². The molecular weight excluding hydrogens is 1010 g/mol. The molecule has 0 aromatic heterocycles. The van der Waals surface area contributed by atoms with Crippen LogP contribution in [-0.2, 0) is 99.7 Å². The molecule has 26 nitrogen and oxygen atoms in total. The van der Waals surface area contributed by atoms with Crippen LogP contribution < -0.4 is 21.3 Å². The van der Waals surface area contributed by atoms with Gasteiger partial charge >= 0.3 is 6.09 Å². The van der Waals surface area contributed by atoms with E-state index in [0.717, 1.165) is 0 Å². The molecule has 4 unspecified atom stereocenters. The number of carbonyl (C=O) groups excluding carboxylic acids is 5. The number of ether oxygens (including phenoxy) is 17. The van der Waals surface area contributed by atoms with E-state index in [1.807, 2.05) is 0 Å². The zero-order valence-electron chi connectivity index (χ0n) is 46.4. The number of alkyl carbamates (subject to hydrolysis) is 1. The Morgan fingerprint density at radius 3 is 0.908 bits per heavy atom. The van der Waals surface area contributed by atoms with E-state index in [-0.39, 0.29) is 12.2 Å². The Kier molecular flexibility index (Phi) is 17.3. The van der Waals surface area contributed by atoms with Crippen LogP contribution in [0.1, 0.15) is 109 Å². The van der Waals surface area contributed by atoms with Crippen molar-refractivity contribution in [2.45, 2.75) is 260 Å². The topological polar surface area (TPSA) is 290 Å². The maximum atomic E-state index is 14.8. The second kappa shape index (κ2) is 22.3. The van der Waals surface area contributed by atoms with Crippen LogP contribution in [0, 0.1) is 0 Å². The van der Waals surface area contributed by atoms with E-state index in [0.29, 0.717) is 0 Å². The number of nitrogens with one attached hydrogen (secondary N) is 4. The Balaban J connectivity index is 1.05. The third kappa shape index (κ3) is 13.1. The molecule has 0 saturated carbocycles. The van der Waals surface area contributed by atoms with Crippen LogP contribution >= 0.6 is 0 Å². The van der Waals surface area contributed by atoms with E-state index in [1.54, 1.807) is 76.2 Å². The van der Waals surface area contributed by atoms with Crippen LogP contribution in [0.4, 0.5) is 4.79 Å². The van der Waals surface area contributed by atoms with Gasteiger partial charge in [0.1, 0.15) is 84.6 Å². The van der Waals surface area contributed by atoms with Crippen molar-refractivity contribution in [3.05, 3.63) is 0 Å². The van der Waals surface area contributed by atoms with Crippen molar-refractivity contribution in [2.24, 2.45) is 0 Å². The molecule has 432 valence electrons. The molecule has 8 fully saturated rings. The summed E-state index contributed by atoms with van der Waals surface area (Å²) < 4.78 is 103. The smallest absolute Gasteiger partial charge is 0.407 e. The lowest BCUT2D eigenvalue weighted by Crippen LogP contribution is -2.57. The Hall–Kier alpha value is -3.29. The Morgan fingerprint density at radius 1 is 0.421 bits per heavy atom. The lowest BCUT2D eigenvalue weighted by Gasteiger charge is -2.34. The second-order valence-electron chi connectivity index (χ2n) is 23.4. The molecule has 8 aliphatic rings. The Labute approximate surface area is 443 Å². The summed E-state index contributed by atoms with van der Waals surface area (Å²) in [7, 11) is 5.83. The minimum atomic E-state index is -1.18. The largest absolute Gasteiger partial charge is 0.444 e. The number of fused-ring (bicyclic) bond motifs is 4. The molecule has 8 aliphatic heterocycles. The standard InChI is InChI=1S/C50H80N4O22/c1-21(55)17-22(29-33(60-13)37-41(64-29)72-47(5,6)68-37)51-26(56)18-23(30-34(61-14)38-42(65-30)73-48(7,8)69-38)52-27(57)19-24(31-35(62-15)39-43(66-31)74-49(9,10)70-39)53-28(58)20-25(54-45(59)76-46(2,3)4)32-36(63-16)40-44(67-32)75-50(11,12)71-40/h22-25,29-44H,17-20H2,1-16H3,(H,51,56)(H,52,57)(H,53,58)(H,54,59)/t22?,23?,24?,25?,29-,30-,31-,32-,33+,34+,35+,36+,37-,38-,39-,40-,41-,42-,43-,44-/m1/s1. The number of ketones is 1. The second-order valence-corrected chi connectivity index (χ2v) is 23.4. The van der Waals surface area contributed by atoms with Crippen molar-refractivity contribution in [3.63, 3.8) is 0 Å². The first-order chi connectivity index (χ1) is 35.4. The number of hydrogen-bond donors (Lipinski definition) is 4. The minimum absolute atomic E-state index is 0.137. The summed E-state index contributed by atoms with van der Waals surface area (Å²) in [6.07, 6.45) is -16.0. The Bertz CT molecular complexity index is 2120. The molecule has 0 aliphatic carbocycles. The Morgan fingerprint density at radius 2 is 0.671 bits per heavy atom. The summed E-state index contributed by atoms with van der Waals surface area (Å²) in [6, 6.07) is -4.36. The van der Waals surface area contributed by atoms with Crippen molar-refractivity contribution < 1.29 is 104 Å². The molecule has 0 spiro atoms. The molecule has 8 saturated heterocycles. The predicted octanol–water partition coefficient (Wildman–Crippen LogP) is 1.05. The van der Waals surface area contributed by atoms with Crippen molar-refractivity contribution >= 4 is 29.6 Å². The third-order valence-corrected chi connectivity index (χ3v) is 14.2. The molecule has 26 heteroatoms. The maximum Gasteiger partial charge on any atom is 0.407 e. The molecule has 0 radical (unpaired) electrons. The zero-order valence-corrected chi connectivity index (χ0v) is 46.4. The quantitative estimate of drug-likeness (QED) is 0.133. The summed E-state index contributed by atoms with van der Waals surface area (Å²) in [4.78, 5) is 70.1. The first kappa shape index (κ1) is 58.8. The first-order valence-corrected chi connectivity index (χ1v) is 25.9. The minimum Gasteiger partial charge on any atom is -0.444 e. The number of hydrogen-bond acceptors (Lipinski definition) is 22. The monoisotopic (exact) mass is 1090 g/mol. The van der Waals surface area contributed by atoms with E-state index >= 15 is 0 Å². The van der Waals surface area contributed by atoms with Crippen molar-refractivity contribution in [2.75, 3.05) is 28.4 Å². The van der Waals surface area contributed by atoms with Crippen LogP contribution in [-0.4, -0.2) is 209 Å². The van der Waals surface area contributed by atoms with Gasteiger partial charge in [0.25, 0.3) is 0 Å². The van der Waals surface area contributed by atoms with Gasteiger partial charge in [0.05, 0.1) is 24.2 Å². The summed E-state index contributed by atoms with van der Waals surface area (Å²) >= 11 is 0. The van der Waals surface area contributed by atoms with Crippen molar-refractivity contribution in [1.82, 2.24) is 21.3 Å². The molecule has 4 amide bonds. The fraction of sp³-hybridized carbons (Fsp3) is 0.900. The highest BCUT2D eigenvalue weighted by Crippen LogP contribution is 2.44. The average molecular weight is 1090 g/mol. The first-order valence-electron chi connectivity index (χ1n) is 25.9. The van der Waals surface area contributed by atoms with E-state index in [4.69, 9.17) is 80.5 Å². The van der Waals surface area contributed by atoms with Crippen molar-refractivity contribution in [3.8, 4) is 0 Å². The van der Waals surface area contributed by atoms with Gasteiger partial charge < -0.3 is 102 Å². The maximum absolute atomic E-state index is 14.8. The zero-order chi connectivity index (χ0) is 55.6. The normalized spacial score (nSPS) is 38.8. The summed E-state index contributed by atoms with van der Waals surface area (Å²) in [5.74, 6) is -6.21. The van der Waals surface area contributed by atoms with E-state index < -0.39 is 194 Å². The highest BCUT2D eigenvalue weighted by atomic mass is 16.9. The highest BCUT2D eigenvalue weighted by Gasteiger charge is 2.62. The van der Waals surface area contributed by atoms with Crippen LogP contribution in [0.2, 0.25) is 0 Å². The van der Waals surface area contributed by atoms with Gasteiger partial charge in [0.15, 0.2) is 48.3 Å². The fourth-order valence-electron chi connectivity index (χ4n) is 11.5. The highest BCUT2D eigenvalue weighted by molar-refractivity contribution is 5.83. The molecular formula is C50H80N4O22. The van der Waals surface area contributed by atoms with Crippen molar-refractivity contribution in [1.29, 1.82) is 0 Å². The van der Waals surface area contributed by atoms with Crippen LogP contribution in [0.3, 0.4) is 0 Å². The lowest BCUT2D eigenvalue weighted by atomic mass is 9.96. The van der Waals surface area contributed by atoms with Gasteiger partial charge in [-0.15, -0.1) is 0 Å². The number of rotatable bonds is 20. The van der Waals surface area contributed by atoms with Crippen LogP contribution in [0.25, 0.3) is 0 Å². The van der Waals surface area contributed by atoms with Gasteiger partial charge in [0, 0.05) is 54.1 Å².